The van der Waals surface area contributed by atoms with Gasteiger partial charge in [0, 0.05) is 9.60 Å². The lowest BCUT2D eigenvalue weighted by atomic mass is 10.0. The highest BCUT2D eigenvalue weighted by molar-refractivity contribution is 7.98. The van der Waals surface area contributed by atoms with Crippen molar-refractivity contribution in [2.45, 2.75) is 25.3 Å². The number of fused-ring (bicyclic) bond motifs is 2. The molecule has 0 spiro atoms. The maximum atomic E-state index is 12.4. The fraction of sp³-hybridized carbons (Fsp3) is 0.143. The van der Waals surface area contributed by atoms with Gasteiger partial charge in [0.2, 0.25) is 0 Å². The number of nitrogens with zero attached hydrogens (tertiary/aromatic N) is 1. The fourth-order valence-corrected chi connectivity index (χ4v) is 5.73. The number of carbonyl (C=O) groups is 1. The Morgan fingerprint density at radius 3 is 2.53 bits per heavy atom. The zero-order valence-corrected chi connectivity index (χ0v) is 20.7. The Balaban J connectivity index is 1.62. The van der Waals surface area contributed by atoms with Crippen molar-refractivity contribution in [2.75, 3.05) is 6.26 Å². The lowest BCUT2D eigenvalue weighted by molar-refractivity contribution is 0.0698. The molecule has 34 heavy (non-hydrogen) atoms. The average molecular weight is 486 g/mol. The molecule has 2 aromatic heterocycles. The fourth-order valence-electron chi connectivity index (χ4n) is 4.15. The summed E-state index contributed by atoms with van der Waals surface area (Å²) in [5.41, 5.74) is 4.58. The number of aromatic nitrogens is 1. The Labute approximate surface area is 206 Å². The molecule has 0 atom stereocenters. The molecule has 2 heterocycles. The number of thiophene rings is 1. The monoisotopic (exact) mass is 485 g/mol. The smallest absolute Gasteiger partial charge is 0.336 e. The molecule has 0 radical (unpaired) electrons. The van der Waals surface area contributed by atoms with Gasteiger partial charge in [0.25, 0.3) is 0 Å². The van der Waals surface area contributed by atoms with Gasteiger partial charge in [-0.2, -0.15) is 0 Å². The first kappa shape index (κ1) is 22.4. The van der Waals surface area contributed by atoms with Gasteiger partial charge in [-0.15, -0.1) is 23.1 Å². The Kier molecular flexibility index (Phi) is 6.02. The van der Waals surface area contributed by atoms with Crippen LogP contribution in [-0.4, -0.2) is 22.3 Å². The maximum Gasteiger partial charge on any atom is 0.336 e. The van der Waals surface area contributed by atoms with E-state index in [1.807, 2.05) is 49.6 Å². The van der Waals surface area contributed by atoms with Crippen LogP contribution in [0.15, 0.2) is 71.6 Å². The minimum absolute atomic E-state index is 0.202. The molecular formula is C28H23NO3S2. The molecule has 0 amide bonds. The van der Waals surface area contributed by atoms with Gasteiger partial charge in [0.05, 0.1) is 27.0 Å². The standard InChI is InChI=1S/C28H23NO3S2/c1-16-8-13-23(32-15-18-9-11-19(33-3)12-10-18)25-21(28(30)31)14-22(29-26(16)25)27-17(2)20-6-4-5-7-24(20)34-27/h4-14H,15H2,1-3H3,(H,30,31). The largest absolute Gasteiger partial charge is 0.488 e. The maximum absolute atomic E-state index is 12.4. The molecule has 3 aromatic carbocycles. The van der Waals surface area contributed by atoms with Gasteiger partial charge < -0.3 is 9.84 Å². The Bertz CT molecular complexity index is 1540. The van der Waals surface area contributed by atoms with Gasteiger partial charge in [-0.25, -0.2) is 9.78 Å². The summed E-state index contributed by atoms with van der Waals surface area (Å²) in [5, 5.41) is 11.8. The van der Waals surface area contributed by atoms with Gasteiger partial charge >= 0.3 is 5.97 Å². The molecule has 6 heteroatoms. The third kappa shape index (κ3) is 4.04. The van der Waals surface area contributed by atoms with Crippen LogP contribution in [0.1, 0.15) is 27.0 Å². The number of benzene rings is 3. The highest BCUT2D eigenvalue weighted by atomic mass is 32.2. The zero-order valence-electron chi connectivity index (χ0n) is 19.1. The number of rotatable bonds is 6. The second kappa shape index (κ2) is 9.12. The van der Waals surface area contributed by atoms with Crippen LogP contribution in [0.5, 0.6) is 5.75 Å². The molecule has 0 aliphatic carbocycles. The number of aryl methyl sites for hydroxylation is 2. The van der Waals surface area contributed by atoms with Crippen molar-refractivity contribution in [2.24, 2.45) is 0 Å². The van der Waals surface area contributed by atoms with E-state index in [1.54, 1.807) is 29.2 Å². The molecule has 0 saturated heterocycles. The number of thioether (sulfide) groups is 1. The van der Waals surface area contributed by atoms with E-state index in [4.69, 9.17) is 9.72 Å². The third-order valence-electron chi connectivity index (χ3n) is 5.98. The topological polar surface area (TPSA) is 59.4 Å². The second-order valence-corrected chi connectivity index (χ2v) is 10.1. The predicted octanol–water partition coefficient (Wildman–Crippen LogP) is 7.73. The lowest BCUT2D eigenvalue weighted by Gasteiger charge is -2.14. The van der Waals surface area contributed by atoms with Crippen LogP contribution in [0.3, 0.4) is 0 Å². The van der Waals surface area contributed by atoms with Crippen LogP contribution in [0.25, 0.3) is 31.6 Å². The quantitative estimate of drug-likeness (QED) is 0.249. The summed E-state index contributed by atoms with van der Waals surface area (Å²) < 4.78 is 7.30. The summed E-state index contributed by atoms with van der Waals surface area (Å²) in [7, 11) is 0. The first-order valence-corrected chi connectivity index (χ1v) is 12.9. The molecule has 1 N–H and O–H groups in total. The first-order chi connectivity index (χ1) is 16.5. The minimum atomic E-state index is -0.993. The number of carboxylic acids is 1. The molecule has 5 aromatic rings. The van der Waals surface area contributed by atoms with E-state index < -0.39 is 5.97 Å². The molecule has 4 nitrogen and oxygen atoms in total. The minimum Gasteiger partial charge on any atom is -0.488 e. The summed E-state index contributed by atoms with van der Waals surface area (Å²) in [4.78, 5) is 19.5. The van der Waals surface area contributed by atoms with Crippen molar-refractivity contribution in [1.29, 1.82) is 0 Å². The Morgan fingerprint density at radius 1 is 1.06 bits per heavy atom. The molecule has 170 valence electrons. The second-order valence-electron chi connectivity index (χ2n) is 8.15. The molecule has 5 rings (SSSR count). The van der Waals surface area contributed by atoms with Crippen LogP contribution in [0.2, 0.25) is 0 Å². The van der Waals surface area contributed by atoms with Crippen molar-refractivity contribution in [3.63, 3.8) is 0 Å². The normalized spacial score (nSPS) is 11.3. The van der Waals surface area contributed by atoms with Crippen molar-refractivity contribution in [3.8, 4) is 16.3 Å². The van der Waals surface area contributed by atoms with Gasteiger partial charge in [0.15, 0.2) is 0 Å². The average Bonchev–Trinajstić information content (AvgIpc) is 3.20. The van der Waals surface area contributed by atoms with Crippen molar-refractivity contribution in [1.82, 2.24) is 4.98 Å². The number of hydrogen-bond acceptors (Lipinski definition) is 5. The molecule has 0 unspecified atom stereocenters. The summed E-state index contributed by atoms with van der Waals surface area (Å²) >= 11 is 3.33. The van der Waals surface area contributed by atoms with E-state index in [-0.39, 0.29) is 5.56 Å². The van der Waals surface area contributed by atoms with E-state index in [9.17, 15) is 9.90 Å². The summed E-state index contributed by atoms with van der Waals surface area (Å²) in [5.74, 6) is -0.466. The Morgan fingerprint density at radius 2 is 1.82 bits per heavy atom. The van der Waals surface area contributed by atoms with Crippen LogP contribution < -0.4 is 4.74 Å². The number of carboxylic acid groups (broad SMARTS) is 1. The Hall–Kier alpha value is -3.35. The van der Waals surface area contributed by atoms with E-state index in [0.29, 0.717) is 29.0 Å². The van der Waals surface area contributed by atoms with E-state index in [1.165, 1.54) is 10.3 Å². The van der Waals surface area contributed by atoms with E-state index in [2.05, 4.69) is 31.2 Å². The third-order valence-corrected chi connectivity index (χ3v) is 8.02. The highest BCUT2D eigenvalue weighted by Crippen LogP contribution is 2.40. The predicted molar refractivity (Wildman–Crippen MR) is 142 cm³/mol. The highest BCUT2D eigenvalue weighted by Gasteiger charge is 2.20. The molecule has 0 bridgehead atoms. The SMILES string of the molecule is CSc1ccc(COc2ccc(C)c3nc(-c4sc5ccccc5c4C)cc(C(=O)O)c23)cc1. The molecule has 0 saturated carbocycles. The zero-order chi connectivity index (χ0) is 23.8. The van der Waals surface area contributed by atoms with Crippen LogP contribution in [0, 0.1) is 13.8 Å². The molecular weight excluding hydrogens is 462 g/mol. The number of aromatic carboxylic acids is 1. The molecule has 0 aliphatic heterocycles. The van der Waals surface area contributed by atoms with E-state index in [0.717, 1.165) is 26.3 Å². The van der Waals surface area contributed by atoms with Gasteiger partial charge in [-0.05, 0) is 72.5 Å². The van der Waals surface area contributed by atoms with Crippen LogP contribution >= 0.6 is 23.1 Å². The van der Waals surface area contributed by atoms with Crippen LogP contribution in [0.4, 0.5) is 0 Å². The van der Waals surface area contributed by atoms with Gasteiger partial charge in [-0.3, -0.25) is 0 Å². The number of pyridine rings is 1. The lowest BCUT2D eigenvalue weighted by Crippen LogP contribution is -2.04. The van der Waals surface area contributed by atoms with Crippen LogP contribution in [-0.2, 0) is 6.61 Å². The number of ether oxygens (including phenoxy) is 1. The molecule has 0 fully saturated rings. The van der Waals surface area contributed by atoms with Gasteiger partial charge in [0.1, 0.15) is 12.4 Å². The van der Waals surface area contributed by atoms with Crippen molar-refractivity contribution < 1.29 is 14.6 Å². The first-order valence-electron chi connectivity index (χ1n) is 10.9. The van der Waals surface area contributed by atoms with Crippen molar-refractivity contribution in [3.05, 3.63) is 89.0 Å². The summed E-state index contributed by atoms with van der Waals surface area (Å²) in [6.07, 6.45) is 2.04. The number of hydrogen-bond donors (Lipinski definition) is 1. The summed E-state index contributed by atoms with van der Waals surface area (Å²) in [6, 6.07) is 21.8. The summed E-state index contributed by atoms with van der Waals surface area (Å²) in [6.45, 7) is 4.37. The molecule has 0 aliphatic rings. The van der Waals surface area contributed by atoms with Gasteiger partial charge in [-0.1, -0.05) is 36.4 Å². The van der Waals surface area contributed by atoms with E-state index >= 15 is 0 Å². The van der Waals surface area contributed by atoms with Crippen molar-refractivity contribution >= 4 is 50.1 Å².